The number of nitrogens with zero attached hydrogens (tertiary/aromatic N) is 1. The summed E-state index contributed by atoms with van der Waals surface area (Å²) in [5.74, 6) is -0.299. The van der Waals surface area contributed by atoms with Crippen molar-refractivity contribution >= 4 is 16.7 Å². The van der Waals surface area contributed by atoms with Crippen LogP contribution in [0.4, 0.5) is 0 Å². The molecule has 1 atom stereocenters. The van der Waals surface area contributed by atoms with Crippen molar-refractivity contribution < 1.29 is 9.53 Å². The molecule has 0 bridgehead atoms. The first kappa shape index (κ1) is 16.1. The van der Waals surface area contributed by atoms with Crippen molar-refractivity contribution in [1.29, 1.82) is 0 Å². The number of nitrogens with one attached hydrogen (secondary N) is 1. The van der Waals surface area contributed by atoms with Crippen molar-refractivity contribution in [2.75, 3.05) is 7.11 Å². The van der Waals surface area contributed by atoms with Gasteiger partial charge in [0.1, 0.15) is 6.04 Å². The maximum atomic E-state index is 12.3. The Morgan fingerprint density at radius 2 is 1.92 bits per heavy atom. The van der Waals surface area contributed by atoms with Crippen LogP contribution in [0, 0.1) is 6.92 Å². The highest BCUT2D eigenvalue weighted by molar-refractivity contribution is 5.85. The highest BCUT2D eigenvalue weighted by Gasteiger charge is 2.21. The fourth-order valence-electron chi connectivity index (χ4n) is 2.76. The van der Waals surface area contributed by atoms with E-state index in [1.165, 1.54) is 7.11 Å². The number of methoxy groups -OCH3 is 1. The molecule has 4 heteroatoms. The maximum Gasteiger partial charge on any atom is 0.327 e. The van der Waals surface area contributed by atoms with Crippen LogP contribution in [0.2, 0.25) is 0 Å². The molecule has 3 aromatic rings. The molecule has 122 valence electrons. The highest BCUT2D eigenvalue weighted by Crippen LogP contribution is 2.22. The van der Waals surface area contributed by atoms with E-state index in [9.17, 15) is 4.79 Å². The van der Waals surface area contributed by atoms with Crippen LogP contribution in [0.5, 0.6) is 0 Å². The van der Waals surface area contributed by atoms with Gasteiger partial charge in [-0.05, 0) is 41.0 Å². The minimum atomic E-state index is -0.515. The fraction of sp³-hybridized carbons (Fsp3) is 0.200. The summed E-state index contributed by atoms with van der Waals surface area (Å²) in [5, 5.41) is 5.54. The first-order chi connectivity index (χ1) is 11.7. The fourth-order valence-corrected chi connectivity index (χ4v) is 2.76. The number of benzene rings is 2. The summed E-state index contributed by atoms with van der Waals surface area (Å²) in [6, 6.07) is 17.5. The lowest BCUT2D eigenvalue weighted by Gasteiger charge is -2.18. The van der Waals surface area contributed by atoms with Gasteiger partial charge in [0.25, 0.3) is 0 Å². The highest BCUT2D eigenvalue weighted by atomic mass is 16.5. The number of carbonyl (C=O) groups is 1. The molecule has 0 aliphatic rings. The predicted molar refractivity (Wildman–Crippen MR) is 94.5 cm³/mol. The summed E-state index contributed by atoms with van der Waals surface area (Å²) >= 11 is 0. The molecule has 0 aliphatic carbocycles. The Balaban J connectivity index is 1.88. The normalized spacial score (nSPS) is 12.1. The van der Waals surface area contributed by atoms with Gasteiger partial charge in [-0.2, -0.15) is 0 Å². The summed E-state index contributed by atoms with van der Waals surface area (Å²) in [7, 11) is 1.41. The molecule has 0 saturated carbocycles. The number of hydrogen-bond donors (Lipinski definition) is 1. The van der Waals surface area contributed by atoms with Gasteiger partial charge in [0.05, 0.1) is 7.11 Å². The van der Waals surface area contributed by atoms with Gasteiger partial charge in [-0.3, -0.25) is 10.3 Å². The van der Waals surface area contributed by atoms with E-state index in [1.807, 2.05) is 55.5 Å². The Bertz CT molecular complexity index is 861. The maximum absolute atomic E-state index is 12.3. The molecule has 2 aromatic carbocycles. The van der Waals surface area contributed by atoms with Crippen LogP contribution in [-0.2, 0) is 16.1 Å². The number of pyridine rings is 1. The van der Waals surface area contributed by atoms with Crippen molar-refractivity contribution in [3.63, 3.8) is 0 Å². The smallest absolute Gasteiger partial charge is 0.327 e. The largest absolute Gasteiger partial charge is 0.468 e. The number of aromatic nitrogens is 1. The van der Waals surface area contributed by atoms with Crippen molar-refractivity contribution in [2.24, 2.45) is 0 Å². The molecule has 4 nitrogen and oxygen atoms in total. The topological polar surface area (TPSA) is 51.2 Å². The molecule has 0 fully saturated rings. The number of rotatable bonds is 5. The predicted octanol–water partition coefficient (Wildman–Crippen LogP) is 3.55. The second-order valence-corrected chi connectivity index (χ2v) is 5.69. The van der Waals surface area contributed by atoms with Gasteiger partial charge in [0.15, 0.2) is 0 Å². The Labute approximate surface area is 141 Å². The zero-order chi connectivity index (χ0) is 16.9. The van der Waals surface area contributed by atoms with Crippen LogP contribution < -0.4 is 5.32 Å². The van der Waals surface area contributed by atoms with Crippen LogP contribution >= 0.6 is 0 Å². The average Bonchev–Trinajstić information content (AvgIpc) is 2.63. The lowest BCUT2D eigenvalue weighted by Crippen LogP contribution is -2.29. The molecular weight excluding hydrogens is 300 g/mol. The third kappa shape index (κ3) is 3.44. The zero-order valence-corrected chi connectivity index (χ0v) is 13.8. The molecule has 0 radical (unpaired) electrons. The second-order valence-electron chi connectivity index (χ2n) is 5.69. The number of hydrogen-bond acceptors (Lipinski definition) is 4. The van der Waals surface area contributed by atoms with Crippen molar-refractivity contribution in [1.82, 2.24) is 10.3 Å². The first-order valence-corrected chi connectivity index (χ1v) is 7.89. The summed E-state index contributed by atoms with van der Waals surface area (Å²) in [4.78, 5) is 16.5. The van der Waals surface area contributed by atoms with Crippen LogP contribution in [-0.4, -0.2) is 18.1 Å². The SMILES string of the molecule is COC(=O)[C@H](NCc1cccnc1C)c1ccc2ccccc2c1. The summed E-state index contributed by atoms with van der Waals surface area (Å²) in [5.41, 5.74) is 2.90. The van der Waals surface area contributed by atoms with E-state index in [2.05, 4.69) is 16.4 Å². The molecule has 0 saturated heterocycles. The van der Waals surface area contributed by atoms with Crippen molar-refractivity contribution in [2.45, 2.75) is 19.5 Å². The molecule has 0 spiro atoms. The van der Waals surface area contributed by atoms with Gasteiger partial charge in [-0.15, -0.1) is 0 Å². The third-order valence-corrected chi connectivity index (χ3v) is 4.16. The Hall–Kier alpha value is -2.72. The van der Waals surface area contributed by atoms with Crippen LogP contribution in [0.3, 0.4) is 0 Å². The molecule has 0 aliphatic heterocycles. The minimum absolute atomic E-state index is 0.299. The summed E-state index contributed by atoms with van der Waals surface area (Å²) in [6.07, 6.45) is 1.76. The van der Waals surface area contributed by atoms with Gasteiger partial charge < -0.3 is 4.74 Å². The quantitative estimate of drug-likeness (QED) is 0.731. The van der Waals surface area contributed by atoms with Gasteiger partial charge in [0, 0.05) is 18.4 Å². The van der Waals surface area contributed by atoms with Gasteiger partial charge in [-0.1, -0.05) is 42.5 Å². The monoisotopic (exact) mass is 320 g/mol. The molecule has 1 N–H and O–H groups in total. The molecular formula is C20H20N2O2. The van der Waals surface area contributed by atoms with E-state index >= 15 is 0 Å². The van der Waals surface area contributed by atoms with Gasteiger partial charge in [-0.25, -0.2) is 4.79 Å². The number of fused-ring (bicyclic) bond motifs is 1. The molecule has 0 amide bonds. The molecule has 3 rings (SSSR count). The van der Waals surface area contributed by atoms with Crippen LogP contribution in [0.25, 0.3) is 10.8 Å². The van der Waals surface area contributed by atoms with E-state index in [4.69, 9.17) is 4.74 Å². The lowest BCUT2D eigenvalue weighted by atomic mass is 10.0. The number of aryl methyl sites for hydroxylation is 1. The number of ether oxygens (including phenoxy) is 1. The number of carbonyl (C=O) groups excluding carboxylic acids is 1. The average molecular weight is 320 g/mol. The molecule has 24 heavy (non-hydrogen) atoms. The Kier molecular flexibility index (Phi) is 4.87. The van der Waals surface area contributed by atoms with E-state index in [0.717, 1.165) is 27.6 Å². The minimum Gasteiger partial charge on any atom is -0.468 e. The molecule has 0 unspecified atom stereocenters. The summed E-state index contributed by atoms with van der Waals surface area (Å²) < 4.78 is 4.98. The van der Waals surface area contributed by atoms with E-state index < -0.39 is 6.04 Å². The number of esters is 1. The van der Waals surface area contributed by atoms with E-state index in [0.29, 0.717) is 6.54 Å². The zero-order valence-electron chi connectivity index (χ0n) is 13.8. The summed E-state index contributed by atoms with van der Waals surface area (Å²) in [6.45, 7) is 2.51. The van der Waals surface area contributed by atoms with Crippen molar-refractivity contribution in [3.05, 3.63) is 77.6 Å². The van der Waals surface area contributed by atoms with Gasteiger partial charge >= 0.3 is 5.97 Å². The first-order valence-electron chi connectivity index (χ1n) is 7.89. The Morgan fingerprint density at radius 3 is 2.67 bits per heavy atom. The lowest BCUT2D eigenvalue weighted by molar-refractivity contribution is -0.143. The van der Waals surface area contributed by atoms with Gasteiger partial charge in [0.2, 0.25) is 0 Å². The molecule has 1 heterocycles. The standard InChI is InChI=1S/C20H20N2O2/c1-14-18(8-5-11-21-14)13-22-19(20(23)24-2)17-10-9-15-6-3-4-7-16(15)12-17/h3-12,19,22H,13H2,1-2H3/t19-/m1/s1. The Morgan fingerprint density at radius 1 is 1.12 bits per heavy atom. The van der Waals surface area contributed by atoms with Crippen molar-refractivity contribution in [3.8, 4) is 0 Å². The third-order valence-electron chi connectivity index (χ3n) is 4.16. The van der Waals surface area contributed by atoms with E-state index in [-0.39, 0.29) is 5.97 Å². The van der Waals surface area contributed by atoms with E-state index in [1.54, 1.807) is 6.20 Å². The molecule has 1 aromatic heterocycles. The second kappa shape index (κ2) is 7.23. The van der Waals surface area contributed by atoms with Crippen LogP contribution in [0.1, 0.15) is 22.9 Å². The van der Waals surface area contributed by atoms with Crippen LogP contribution in [0.15, 0.2) is 60.8 Å².